The molecule has 6 nitrogen and oxygen atoms in total. The third kappa shape index (κ3) is 7.37. The number of nitrogens with zero attached hydrogens (tertiary/aromatic N) is 1. The van der Waals surface area contributed by atoms with Gasteiger partial charge in [0.05, 0.1) is 18.5 Å². The lowest BCUT2D eigenvalue weighted by Crippen LogP contribution is -2.50. The fourth-order valence-electron chi connectivity index (χ4n) is 4.83. The summed E-state index contributed by atoms with van der Waals surface area (Å²) >= 11 is 1.64. The summed E-state index contributed by atoms with van der Waals surface area (Å²) in [5, 5.41) is 0. The van der Waals surface area contributed by atoms with E-state index in [1.54, 1.807) is 24.3 Å². The van der Waals surface area contributed by atoms with E-state index in [9.17, 15) is 4.39 Å². The van der Waals surface area contributed by atoms with E-state index in [1.807, 2.05) is 18.2 Å². The molecule has 6 N–H and O–H groups in total. The highest BCUT2D eigenvalue weighted by Gasteiger charge is 2.32. The Hall–Kier alpha value is -1.74. The summed E-state index contributed by atoms with van der Waals surface area (Å²) in [7, 11) is 0. The minimum Gasteiger partial charge on any atom is -0.405 e. The van der Waals surface area contributed by atoms with Crippen LogP contribution in [0.2, 0.25) is 0 Å². The molecular weight excluding hydrogens is 437 g/mol. The smallest absolute Gasteiger partial charge is 0.123 e. The van der Waals surface area contributed by atoms with Crippen molar-refractivity contribution in [3.63, 3.8) is 0 Å². The van der Waals surface area contributed by atoms with Gasteiger partial charge in [-0.3, -0.25) is 0 Å². The molecule has 182 valence electrons. The van der Waals surface area contributed by atoms with E-state index >= 15 is 0 Å². The lowest BCUT2D eigenvalue weighted by molar-refractivity contribution is -0.0134. The fraction of sp³-hybridized carbons (Fsp3) is 0.600. The second kappa shape index (κ2) is 12.1. The minimum absolute atomic E-state index is 0.143. The zero-order valence-corrected chi connectivity index (χ0v) is 20.1. The molecule has 1 saturated heterocycles. The van der Waals surface area contributed by atoms with Crippen LogP contribution in [0.3, 0.4) is 0 Å². The summed E-state index contributed by atoms with van der Waals surface area (Å²) in [6, 6.07) is 8.10. The van der Waals surface area contributed by atoms with E-state index in [1.165, 1.54) is 25.1 Å². The Morgan fingerprint density at radius 2 is 1.97 bits per heavy atom. The van der Waals surface area contributed by atoms with Crippen LogP contribution in [0.4, 0.5) is 4.39 Å². The van der Waals surface area contributed by atoms with Gasteiger partial charge in [0.15, 0.2) is 0 Å². The van der Waals surface area contributed by atoms with E-state index in [0.29, 0.717) is 30.5 Å². The molecule has 8 heteroatoms. The Morgan fingerprint density at radius 3 is 2.70 bits per heavy atom. The highest BCUT2D eigenvalue weighted by molar-refractivity contribution is 7.95. The SMILES string of the molecule is N/C=C\C=C(/N)N1CCC(NSNC2CC2)C(COC2CCC(c3cccc(F)c3)CC2)C1. The maximum Gasteiger partial charge on any atom is 0.123 e. The van der Waals surface area contributed by atoms with Gasteiger partial charge in [0.1, 0.15) is 5.82 Å². The summed E-state index contributed by atoms with van der Waals surface area (Å²) in [4.78, 5) is 2.23. The normalized spacial score (nSPS) is 29.0. The molecule has 3 fully saturated rings. The van der Waals surface area contributed by atoms with Gasteiger partial charge < -0.3 is 21.1 Å². The highest BCUT2D eigenvalue weighted by atomic mass is 32.2. The van der Waals surface area contributed by atoms with Crippen LogP contribution in [0.5, 0.6) is 0 Å². The Kier molecular flexibility index (Phi) is 8.95. The van der Waals surface area contributed by atoms with E-state index in [-0.39, 0.29) is 11.9 Å². The molecular formula is C25H38FN5OS. The van der Waals surface area contributed by atoms with Gasteiger partial charge in [0, 0.05) is 43.2 Å². The summed E-state index contributed by atoms with van der Waals surface area (Å²) in [6.07, 6.45) is 13.1. The number of hydrogen-bond acceptors (Lipinski definition) is 7. The largest absolute Gasteiger partial charge is 0.405 e. The molecule has 2 aliphatic carbocycles. The van der Waals surface area contributed by atoms with Gasteiger partial charge in [-0.05, 0) is 86.9 Å². The van der Waals surface area contributed by atoms with Crippen molar-refractivity contribution >= 4 is 12.1 Å². The van der Waals surface area contributed by atoms with Crippen LogP contribution in [0, 0.1) is 11.7 Å². The molecule has 1 aromatic rings. The maximum absolute atomic E-state index is 13.6. The molecule has 0 spiro atoms. The van der Waals surface area contributed by atoms with Gasteiger partial charge in [-0.25, -0.2) is 13.8 Å². The molecule has 2 atom stereocenters. The number of ether oxygens (including phenoxy) is 1. The summed E-state index contributed by atoms with van der Waals surface area (Å²) in [6.45, 7) is 2.49. The number of halogens is 1. The van der Waals surface area contributed by atoms with Crippen LogP contribution < -0.4 is 20.9 Å². The number of benzene rings is 1. The third-order valence-corrected chi connectivity index (χ3v) is 7.90. The Balaban J connectivity index is 1.28. The average Bonchev–Trinajstić information content (AvgIpc) is 3.66. The molecule has 0 bridgehead atoms. The number of allylic oxidation sites excluding steroid dienone is 2. The van der Waals surface area contributed by atoms with Crippen LogP contribution in [-0.4, -0.2) is 42.8 Å². The Labute approximate surface area is 201 Å². The van der Waals surface area contributed by atoms with Crippen LogP contribution in [0.25, 0.3) is 0 Å². The zero-order chi connectivity index (χ0) is 23.0. The van der Waals surface area contributed by atoms with Crippen molar-refractivity contribution < 1.29 is 9.13 Å². The van der Waals surface area contributed by atoms with E-state index < -0.39 is 0 Å². The molecule has 3 aliphatic rings. The highest BCUT2D eigenvalue weighted by Crippen LogP contribution is 2.35. The molecule has 4 rings (SSSR count). The van der Waals surface area contributed by atoms with Crippen molar-refractivity contribution in [2.75, 3.05) is 19.7 Å². The lowest BCUT2D eigenvalue weighted by Gasteiger charge is -2.40. The molecule has 0 radical (unpaired) electrons. The first-order valence-electron chi connectivity index (χ1n) is 12.2. The van der Waals surface area contributed by atoms with Gasteiger partial charge in [0.25, 0.3) is 0 Å². The summed E-state index contributed by atoms with van der Waals surface area (Å²) in [5.41, 5.74) is 12.9. The first kappa shape index (κ1) is 24.4. The third-order valence-electron chi connectivity index (χ3n) is 7.03. The number of nitrogens with one attached hydrogen (secondary N) is 2. The number of nitrogens with two attached hydrogens (primary N) is 2. The standard InChI is InChI=1S/C25H38FN5OS/c26-21-4-1-3-19(15-21)18-6-10-23(11-7-18)32-17-20-16-31(25(28)5-2-13-27)14-12-24(20)30-33-29-22-8-9-22/h1-5,13,15,18,20,22-24,29-30H,6-12,14,16-17,27-28H2/b13-2-,25-5+. The number of hydrogen-bond donors (Lipinski definition) is 4. The lowest BCUT2D eigenvalue weighted by atomic mass is 9.82. The van der Waals surface area contributed by atoms with Crippen molar-refractivity contribution in [1.29, 1.82) is 0 Å². The number of piperidine rings is 1. The van der Waals surface area contributed by atoms with Crippen molar-refractivity contribution in [2.24, 2.45) is 17.4 Å². The van der Waals surface area contributed by atoms with Gasteiger partial charge >= 0.3 is 0 Å². The number of rotatable bonds is 10. The first-order valence-corrected chi connectivity index (χ1v) is 13.1. The summed E-state index contributed by atoms with van der Waals surface area (Å²) < 4.78 is 27.2. The summed E-state index contributed by atoms with van der Waals surface area (Å²) in [5.74, 6) is 1.39. The van der Waals surface area contributed by atoms with Crippen molar-refractivity contribution in [3.05, 3.63) is 59.8 Å². The van der Waals surface area contributed by atoms with Crippen molar-refractivity contribution in [2.45, 2.75) is 69.1 Å². The predicted octanol–water partition coefficient (Wildman–Crippen LogP) is 3.74. The van der Waals surface area contributed by atoms with E-state index in [2.05, 4.69) is 14.3 Å². The van der Waals surface area contributed by atoms with E-state index in [0.717, 1.165) is 56.6 Å². The maximum atomic E-state index is 13.6. The topological polar surface area (TPSA) is 88.6 Å². The van der Waals surface area contributed by atoms with Crippen molar-refractivity contribution in [3.8, 4) is 0 Å². The Morgan fingerprint density at radius 1 is 1.15 bits per heavy atom. The molecule has 0 amide bonds. The quantitative estimate of drug-likeness (QED) is 0.303. The molecule has 0 aromatic heterocycles. The number of likely N-dealkylation sites (tertiary alicyclic amines) is 1. The zero-order valence-electron chi connectivity index (χ0n) is 19.3. The van der Waals surface area contributed by atoms with Crippen LogP contribution >= 0.6 is 12.1 Å². The van der Waals surface area contributed by atoms with Gasteiger partial charge in [-0.15, -0.1) is 0 Å². The Bertz CT molecular complexity index is 810. The molecule has 2 unspecified atom stereocenters. The molecule has 2 saturated carbocycles. The van der Waals surface area contributed by atoms with Crippen LogP contribution in [0.15, 0.2) is 48.4 Å². The van der Waals surface area contributed by atoms with Gasteiger partial charge in [-0.1, -0.05) is 12.1 Å². The minimum atomic E-state index is -0.143. The van der Waals surface area contributed by atoms with Crippen LogP contribution in [-0.2, 0) is 4.74 Å². The van der Waals surface area contributed by atoms with Gasteiger partial charge in [-0.2, -0.15) is 0 Å². The van der Waals surface area contributed by atoms with Gasteiger partial charge in [0.2, 0.25) is 0 Å². The molecule has 1 heterocycles. The second-order valence-corrected chi connectivity index (χ2v) is 10.2. The van der Waals surface area contributed by atoms with Crippen molar-refractivity contribution in [1.82, 2.24) is 14.3 Å². The van der Waals surface area contributed by atoms with E-state index in [4.69, 9.17) is 16.2 Å². The molecule has 33 heavy (non-hydrogen) atoms. The van der Waals surface area contributed by atoms with Crippen LogP contribution in [0.1, 0.15) is 56.4 Å². The molecule has 1 aliphatic heterocycles. The fourth-order valence-corrected chi connectivity index (χ4v) is 5.76. The first-order chi connectivity index (χ1) is 16.1. The second-order valence-electron chi connectivity index (χ2n) is 9.55. The predicted molar refractivity (Wildman–Crippen MR) is 133 cm³/mol. The molecule has 1 aromatic carbocycles. The average molecular weight is 476 g/mol. The monoisotopic (exact) mass is 475 g/mol.